The lowest BCUT2D eigenvalue weighted by molar-refractivity contribution is -0.336. The van der Waals surface area contributed by atoms with Gasteiger partial charge in [-0.15, -0.1) is 0 Å². The van der Waals surface area contributed by atoms with Crippen LogP contribution in [0.15, 0.2) is 102 Å². The fourth-order valence-corrected chi connectivity index (χ4v) is 10.4. The van der Waals surface area contributed by atoms with E-state index < -0.39 is 88.8 Å². The molecule has 3 aromatic rings. The molecule has 3 aromatic carbocycles. The minimum absolute atomic E-state index is 0.0367. The van der Waals surface area contributed by atoms with E-state index in [9.17, 15) is 30.0 Å². The Morgan fingerprint density at radius 2 is 1.56 bits per heavy atom. The molecule has 2 heterocycles. The van der Waals surface area contributed by atoms with Gasteiger partial charge >= 0.3 is 5.97 Å². The van der Waals surface area contributed by atoms with Crippen molar-refractivity contribution in [1.29, 1.82) is 0 Å². The number of aliphatic hydroxyl groups is 4. The molecule has 8 rings (SSSR count). The molecule has 2 saturated heterocycles. The van der Waals surface area contributed by atoms with E-state index in [-0.39, 0.29) is 13.0 Å². The zero-order valence-corrected chi connectivity index (χ0v) is 30.9. The Labute approximate surface area is 314 Å². The fourth-order valence-electron chi connectivity index (χ4n) is 10.4. The van der Waals surface area contributed by atoms with Crippen LogP contribution >= 0.6 is 0 Å². The third-order valence-electron chi connectivity index (χ3n) is 13.4. The van der Waals surface area contributed by atoms with Gasteiger partial charge in [0.2, 0.25) is 0 Å². The number of carbonyl (C=O) groups is 2. The number of esters is 1. The first-order valence-corrected chi connectivity index (χ1v) is 18.8. The Hall–Kier alpha value is -3.94. The highest BCUT2D eigenvalue weighted by atomic mass is 16.7. The summed E-state index contributed by atoms with van der Waals surface area (Å²) in [6.45, 7) is 7.58. The van der Waals surface area contributed by atoms with Crippen molar-refractivity contribution >= 4 is 11.9 Å². The van der Waals surface area contributed by atoms with E-state index in [4.69, 9.17) is 18.9 Å². The van der Waals surface area contributed by atoms with Crippen LogP contribution in [0.1, 0.15) is 80.8 Å². The van der Waals surface area contributed by atoms with Crippen LogP contribution in [0.4, 0.5) is 0 Å². The zero-order valence-electron chi connectivity index (χ0n) is 30.9. The minimum Gasteiger partial charge on any atom is -0.456 e. The Morgan fingerprint density at radius 1 is 0.926 bits per heavy atom. The predicted molar refractivity (Wildman–Crippen MR) is 195 cm³/mol. The van der Waals surface area contributed by atoms with Gasteiger partial charge in [0, 0.05) is 34.3 Å². The molecule has 12 atom stereocenters. The molecule has 5 N–H and O–H groups in total. The highest BCUT2D eigenvalue weighted by Gasteiger charge is 2.76. The second kappa shape index (κ2) is 13.4. The van der Waals surface area contributed by atoms with E-state index >= 15 is 0 Å². The molecule has 11 nitrogen and oxygen atoms in total. The largest absolute Gasteiger partial charge is 0.456 e. The molecule has 4 fully saturated rings. The molecular formula is C43H49NO10. The van der Waals surface area contributed by atoms with E-state index in [0.29, 0.717) is 35.1 Å². The SMILES string of the molecule is CC1=C2[C@@H](O)[C@H](O)[C@]3(C)CC[C@H]4OC[C@@]4(O)[C@H]3[C@@H]3O[C@H](c4ccccc4)O[C@@]3(C[C@@H]1OC(=O)[C@H](O)[C@@H](NC(=O)c1ccccc1)c1ccccc1)C2(C)C. The molecule has 0 radical (unpaired) electrons. The monoisotopic (exact) mass is 739 g/mol. The number of rotatable bonds is 7. The summed E-state index contributed by atoms with van der Waals surface area (Å²) in [6, 6.07) is 25.5. The number of carbonyl (C=O) groups excluding carboxylic acids is 2. The Kier molecular flexibility index (Phi) is 9.16. The summed E-state index contributed by atoms with van der Waals surface area (Å²) in [6.07, 6.45) is -6.81. The number of nitrogens with one attached hydrogen (secondary N) is 1. The number of hydrogen-bond acceptors (Lipinski definition) is 10. The van der Waals surface area contributed by atoms with Crippen molar-refractivity contribution in [2.45, 2.75) is 107 Å². The van der Waals surface area contributed by atoms with Crippen LogP contribution in [-0.4, -0.2) is 86.7 Å². The molecule has 2 saturated carbocycles. The van der Waals surface area contributed by atoms with Gasteiger partial charge in [-0.05, 0) is 48.6 Å². The first kappa shape index (κ1) is 37.0. The van der Waals surface area contributed by atoms with Gasteiger partial charge in [-0.25, -0.2) is 4.79 Å². The summed E-state index contributed by atoms with van der Waals surface area (Å²) < 4.78 is 26.2. The first-order chi connectivity index (χ1) is 25.7. The number of benzene rings is 3. The van der Waals surface area contributed by atoms with Crippen molar-refractivity contribution in [1.82, 2.24) is 5.32 Å². The van der Waals surface area contributed by atoms with Crippen LogP contribution in [0.3, 0.4) is 0 Å². The summed E-state index contributed by atoms with van der Waals surface area (Å²) in [5, 5.41) is 51.5. The molecule has 0 aromatic heterocycles. The van der Waals surface area contributed by atoms with E-state index in [2.05, 4.69) is 5.32 Å². The Morgan fingerprint density at radius 3 is 2.19 bits per heavy atom. The van der Waals surface area contributed by atoms with E-state index in [1.165, 1.54) is 0 Å². The van der Waals surface area contributed by atoms with Crippen LogP contribution < -0.4 is 5.32 Å². The summed E-state index contributed by atoms with van der Waals surface area (Å²) >= 11 is 0. The third kappa shape index (κ3) is 5.50. The normalized spacial score (nSPS) is 37.6. The number of ether oxygens (including phenoxy) is 4. The van der Waals surface area contributed by atoms with Gasteiger partial charge in [0.05, 0.1) is 31.0 Å². The van der Waals surface area contributed by atoms with Crippen molar-refractivity contribution in [3.8, 4) is 0 Å². The van der Waals surface area contributed by atoms with E-state index in [1.54, 1.807) is 67.6 Å². The van der Waals surface area contributed by atoms with Gasteiger partial charge in [0.15, 0.2) is 12.4 Å². The lowest BCUT2D eigenvalue weighted by atomic mass is 9.45. The molecule has 11 heteroatoms. The summed E-state index contributed by atoms with van der Waals surface area (Å²) in [5.74, 6) is -2.22. The van der Waals surface area contributed by atoms with Gasteiger partial charge < -0.3 is 44.7 Å². The maximum Gasteiger partial charge on any atom is 0.338 e. The van der Waals surface area contributed by atoms with Crippen molar-refractivity contribution in [2.24, 2.45) is 16.7 Å². The van der Waals surface area contributed by atoms with Gasteiger partial charge in [0.25, 0.3) is 5.91 Å². The van der Waals surface area contributed by atoms with Gasteiger partial charge in [-0.2, -0.15) is 0 Å². The molecule has 286 valence electrons. The summed E-state index contributed by atoms with van der Waals surface area (Å²) in [5.41, 5.74) is -2.15. The molecule has 1 spiro atoms. The predicted octanol–water partition coefficient (Wildman–Crippen LogP) is 4.31. The molecule has 3 aliphatic carbocycles. The molecule has 1 amide bonds. The summed E-state index contributed by atoms with van der Waals surface area (Å²) in [7, 11) is 0. The second-order valence-electron chi connectivity index (χ2n) is 16.5. The molecule has 2 bridgehead atoms. The van der Waals surface area contributed by atoms with Crippen LogP contribution in [0, 0.1) is 16.7 Å². The third-order valence-corrected chi connectivity index (χ3v) is 13.4. The molecule has 2 aliphatic heterocycles. The smallest absolute Gasteiger partial charge is 0.338 e. The standard InChI is InChI=1S/C43H49NO10/c1-24-28(52-38(49)33(46)31(25-14-8-5-9-15-25)44-37(48)26-16-10-6-11-17-26)22-43-36(53-39(54-43)27-18-12-7-13-19-27)34-41(4,21-20-29-42(34,50)23-51-29)35(47)32(45)30(24)40(43,2)3/h5-19,28-29,31-36,39,45-47,50H,20-23H2,1-4H3,(H,44,48)/t28-,29+,31-,32+,33+,34-,35-,36-,39-,41+,42-,43+/m0/s1. The van der Waals surface area contributed by atoms with Gasteiger partial charge in [0.1, 0.15) is 23.4 Å². The highest BCUT2D eigenvalue weighted by molar-refractivity contribution is 5.95. The lowest BCUT2D eigenvalue weighted by Gasteiger charge is -2.67. The average molecular weight is 740 g/mol. The molecule has 5 aliphatic rings. The summed E-state index contributed by atoms with van der Waals surface area (Å²) in [4.78, 5) is 27.5. The van der Waals surface area contributed by atoms with Gasteiger partial charge in [-0.1, -0.05) is 99.6 Å². The Balaban J connectivity index is 1.20. The van der Waals surface area contributed by atoms with E-state index in [1.807, 2.05) is 51.1 Å². The zero-order chi connectivity index (χ0) is 38.2. The maximum atomic E-state index is 14.2. The van der Waals surface area contributed by atoms with Crippen molar-refractivity contribution in [3.05, 3.63) is 119 Å². The van der Waals surface area contributed by atoms with Crippen LogP contribution in [0.25, 0.3) is 0 Å². The molecular weight excluding hydrogens is 690 g/mol. The number of amides is 1. The lowest BCUT2D eigenvalue weighted by Crippen LogP contribution is -2.78. The average Bonchev–Trinajstić information content (AvgIpc) is 3.55. The van der Waals surface area contributed by atoms with Crippen LogP contribution in [-0.2, 0) is 23.7 Å². The van der Waals surface area contributed by atoms with E-state index in [0.717, 1.165) is 5.56 Å². The minimum atomic E-state index is -1.82. The molecule has 54 heavy (non-hydrogen) atoms. The maximum absolute atomic E-state index is 14.2. The van der Waals surface area contributed by atoms with Crippen LogP contribution in [0.5, 0.6) is 0 Å². The fraction of sp³-hybridized carbons (Fsp3) is 0.488. The highest BCUT2D eigenvalue weighted by Crippen LogP contribution is 2.68. The topological polar surface area (TPSA) is 164 Å². The number of fused-ring (bicyclic) bond motifs is 5. The first-order valence-electron chi connectivity index (χ1n) is 18.8. The Bertz CT molecular complexity index is 1920. The number of hydrogen-bond donors (Lipinski definition) is 5. The second-order valence-corrected chi connectivity index (χ2v) is 16.5. The van der Waals surface area contributed by atoms with Crippen molar-refractivity contribution in [3.63, 3.8) is 0 Å². The quantitative estimate of drug-likeness (QED) is 0.174. The molecule has 0 unspecified atom stereocenters. The van der Waals surface area contributed by atoms with Gasteiger partial charge in [-0.3, -0.25) is 4.79 Å². The van der Waals surface area contributed by atoms with Crippen LogP contribution in [0.2, 0.25) is 0 Å². The van der Waals surface area contributed by atoms with Crippen molar-refractivity contribution < 1.29 is 49.0 Å². The number of aliphatic hydroxyl groups excluding tert-OH is 3. The van der Waals surface area contributed by atoms with Crippen molar-refractivity contribution in [2.75, 3.05) is 6.61 Å².